The first kappa shape index (κ1) is 11.3. The second kappa shape index (κ2) is 4.78. The fourth-order valence-corrected chi connectivity index (χ4v) is 1.78. The SMILES string of the molecule is Cc1ccc(F)cc1-c1cccc(C=NN)c1. The third-order valence-corrected chi connectivity index (χ3v) is 2.62. The quantitative estimate of drug-likeness (QED) is 0.479. The van der Waals surface area contributed by atoms with Crippen molar-refractivity contribution in [3.05, 3.63) is 59.4 Å². The first-order valence-corrected chi connectivity index (χ1v) is 5.30. The zero-order valence-electron chi connectivity index (χ0n) is 9.52. The number of nitrogens with two attached hydrogens (primary N) is 1. The van der Waals surface area contributed by atoms with Crippen LogP contribution in [-0.4, -0.2) is 6.21 Å². The van der Waals surface area contributed by atoms with E-state index in [4.69, 9.17) is 5.84 Å². The number of hydrazone groups is 1. The van der Waals surface area contributed by atoms with Gasteiger partial charge in [-0.1, -0.05) is 24.3 Å². The van der Waals surface area contributed by atoms with E-state index in [1.54, 1.807) is 12.3 Å². The highest BCUT2D eigenvalue weighted by atomic mass is 19.1. The van der Waals surface area contributed by atoms with Crippen LogP contribution in [0.25, 0.3) is 11.1 Å². The summed E-state index contributed by atoms with van der Waals surface area (Å²) in [6.07, 6.45) is 1.57. The Kier molecular flexibility index (Phi) is 3.19. The summed E-state index contributed by atoms with van der Waals surface area (Å²) in [5.74, 6) is 4.88. The van der Waals surface area contributed by atoms with E-state index in [2.05, 4.69) is 5.10 Å². The molecular weight excluding hydrogens is 215 g/mol. The molecule has 2 aromatic carbocycles. The van der Waals surface area contributed by atoms with E-state index in [-0.39, 0.29) is 5.82 Å². The first-order chi connectivity index (χ1) is 8.20. The minimum Gasteiger partial charge on any atom is -0.323 e. The van der Waals surface area contributed by atoms with E-state index in [1.807, 2.05) is 31.2 Å². The van der Waals surface area contributed by atoms with Crippen LogP contribution in [0.3, 0.4) is 0 Å². The summed E-state index contributed by atoms with van der Waals surface area (Å²) in [7, 11) is 0. The predicted molar refractivity (Wildman–Crippen MR) is 68.4 cm³/mol. The van der Waals surface area contributed by atoms with Crippen LogP contribution in [-0.2, 0) is 0 Å². The lowest BCUT2D eigenvalue weighted by Gasteiger charge is -2.06. The average molecular weight is 228 g/mol. The van der Waals surface area contributed by atoms with Crippen molar-refractivity contribution < 1.29 is 4.39 Å². The minimum atomic E-state index is -0.233. The number of nitrogens with zero attached hydrogens (tertiary/aromatic N) is 1. The van der Waals surface area contributed by atoms with Gasteiger partial charge in [0.2, 0.25) is 0 Å². The number of benzene rings is 2. The van der Waals surface area contributed by atoms with Gasteiger partial charge < -0.3 is 5.84 Å². The number of halogens is 1. The summed E-state index contributed by atoms with van der Waals surface area (Å²) in [5, 5.41) is 3.48. The Morgan fingerprint density at radius 3 is 2.76 bits per heavy atom. The molecule has 0 aliphatic rings. The van der Waals surface area contributed by atoms with Crippen LogP contribution in [0, 0.1) is 12.7 Å². The van der Waals surface area contributed by atoms with Gasteiger partial charge in [-0.2, -0.15) is 5.10 Å². The highest BCUT2D eigenvalue weighted by Gasteiger charge is 2.03. The third-order valence-electron chi connectivity index (χ3n) is 2.62. The van der Waals surface area contributed by atoms with Crippen molar-refractivity contribution in [3.63, 3.8) is 0 Å². The Bertz CT molecular complexity index is 562. The molecule has 0 aromatic heterocycles. The molecule has 0 unspecified atom stereocenters. The van der Waals surface area contributed by atoms with Crippen molar-refractivity contribution >= 4 is 6.21 Å². The second-order valence-corrected chi connectivity index (χ2v) is 3.86. The first-order valence-electron chi connectivity index (χ1n) is 5.30. The lowest BCUT2D eigenvalue weighted by atomic mass is 9.99. The number of aryl methyl sites for hydroxylation is 1. The van der Waals surface area contributed by atoms with Crippen molar-refractivity contribution in [1.29, 1.82) is 0 Å². The molecule has 3 heteroatoms. The van der Waals surface area contributed by atoms with E-state index in [0.717, 1.165) is 22.3 Å². The van der Waals surface area contributed by atoms with Gasteiger partial charge in [-0.05, 0) is 47.4 Å². The van der Waals surface area contributed by atoms with Gasteiger partial charge in [-0.25, -0.2) is 4.39 Å². The zero-order chi connectivity index (χ0) is 12.3. The molecule has 0 spiro atoms. The zero-order valence-corrected chi connectivity index (χ0v) is 9.52. The van der Waals surface area contributed by atoms with Crippen molar-refractivity contribution in [3.8, 4) is 11.1 Å². The topological polar surface area (TPSA) is 38.4 Å². The molecule has 0 radical (unpaired) electrons. The molecule has 86 valence electrons. The fourth-order valence-electron chi connectivity index (χ4n) is 1.78. The largest absolute Gasteiger partial charge is 0.323 e. The van der Waals surface area contributed by atoms with E-state index in [1.165, 1.54) is 12.1 Å². The van der Waals surface area contributed by atoms with Gasteiger partial charge in [0, 0.05) is 0 Å². The van der Waals surface area contributed by atoms with Gasteiger partial charge in [0.15, 0.2) is 0 Å². The van der Waals surface area contributed by atoms with Crippen LogP contribution in [0.4, 0.5) is 4.39 Å². The lowest BCUT2D eigenvalue weighted by molar-refractivity contribution is 0.628. The van der Waals surface area contributed by atoms with E-state index in [9.17, 15) is 4.39 Å². The highest BCUT2D eigenvalue weighted by molar-refractivity contribution is 5.82. The maximum Gasteiger partial charge on any atom is 0.123 e. The molecule has 2 aromatic rings. The molecule has 0 bridgehead atoms. The van der Waals surface area contributed by atoms with Gasteiger partial charge in [-0.15, -0.1) is 0 Å². The number of rotatable bonds is 2. The Hall–Kier alpha value is -2.16. The molecule has 0 heterocycles. The summed E-state index contributed by atoms with van der Waals surface area (Å²) < 4.78 is 13.2. The maximum absolute atomic E-state index is 13.2. The maximum atomic E-state index is 13.2. The van der Waals surface area contributed by atoms with E-state index in [0.29, 0.717) is 0 Å². The standard InChI is InChI=1S/C14H13FN2/c1-10-5-6-13(15)8-14(10)12-4-2-3-11(7-12)9-17-16/h2-9H,16H2,1H3. The van der Waals surface area contributed by atoms with Gasteiger partial charge in [0.05, 0.1) is 6.21 Å². The van der Waals surface area contributed by atoms with Crippen molar-refractivity contribution in [2.45, 2.75) is 6.92 Å². The Balaban J connectivity index is 2.52. The summed E-state index contributed by atoms with van der Waals surface area (Å²) in [5.41, 5.74) is 3.78. The Labute approximate surface area is 99.6 Å². The molecule has 0 aliphatic carbocycles. The van der Waals surface area contributed by atoms with Crippen LogP contribution >= 0.6 is 0 Å². The van der Waals surface area contributed by atoms with E-state index >= 15 is 0 Å². The monoisotopic (exact) mass is 228 g/mol. The summed E-state index contributed by atoms with van der Waals surface area (Å²) in [6.45, 7) is 1.96. The van der Waals surface area contributed by atoms with Crippen LogP contribution in [0.1, 0.15) is 11.1 Å². The van der Waals surface area contributed by atoms with Crippen LogP contribution in [0.5, 0.6) is 0 Å². The minimum absolute atomic E-state index is 0.233. The van der Waals surface area contributed by atoms with Crippen LogP contribution in [0.15, 0.2) is 47.6 Å². The van der Waals surface area contributed by atoms with Crippen molar-refractivity contribution in [2.75, 3.05) is 0 Å². The summed E-state index contributed by atoms with van der Waals surface area (Å²) in [6, 6.07) is 12.4. The number of hydrogen-bond acceptors (Lipinski definition) is 2. The molecule has 0 atom stereocenters. The van der Waals surface area contributed by atoms with Crippen molar-refractivity contribution in [2.24, 2.45) is 10.9 Å². The molecule has 0 aliphatic heterocycles. The predicted octanol–water partition coefficient (Wildman–Crippen LogP) is 3.09. The lowest BCUT2D eigenvalue weighted by Crippen LogP contribution is -1.89. The molecular formula is C14H13FN2. The Morgan fingerprint density at radius 1 is 1.18 bits per heavy atom. The second-order valence-electron chi connectivity index (χ2n) is 3.86. The Morgan fingerprint density at radius 2 is 2.00 bits per heavy atom. The fraction of sp³-hybridized carbons (Fsp3) is 0.0714. The number of hydrogen-bond donors (Lipinski definition) is 1. The molecule has 0 fully saturated rings. The molecule has 0 saturated carbocycles. The summed E-state index contributed by atoms with van der Waals surface area (Å²) >= 11 is 0. The van der Waals surface area contributed by atoms with Crippen LogP contribution < -0.4 is 5.84 Å². The van der Waals surface area contributed by atoms with Gasteiger partial charge in [-0.3, -0.25) is 0 Å². The smallest absolute Gasteiger partial charge is 0.123 e. The molecule has 17 heavy (non-hydrogen) atoms. The molecule has 2 nitrogen and oxygen atoms in total. The normalized spacial score (nSPS) is 10.9. The highest BCUT2D eigenvalue weighted by Crippen LogP contribution is 2.24. The molecule has 2 rings (SSSR count). The van der Waals surface area contributed by atoms with Crippen molar-refractivity contribution in [1.82, 2.24) is 0 Å². The van der Waals surface area contributed by atoms with Crippen LogP contribution in [0.2, 0.25) is 0 Å². The van der Waals surface area contributed by atoms with Gasteiger partial charge in [0.1, 0.15) is 5.82 Å². The molecule has 0 saturated heterocycles. The molecule has 2 N–H and O–H groups in total. The van der Waals surface area contributed by atoms with Gasteiger partial charge in [0.25, 0.3) is 0 Å². The molecule has 0 amide bonds. The van der Waals surface area contributed by atoms with E-state index < -0.39 is 0 Å². The van der Waals surface area contributed by atoms with Gasteiger partial charge >= 0.3 is 0 Å². The third kappa shape index (κ3) is 2.50. The summed E-state index contributed by atoms with van der Waals surface area (Å²) in [4.78, 5) is 0. The average Bonchev–Trinajstić information content (AvgIpc) is 2.33.